The average molecular weight is 468 g/mol. The molecular weight excluding hydrogens is 434 g/mol. The van der Waals surface area contributed by atoms with Crippen molar-refractivity contribution in [1.29, 1.82) is 0 Å². The van der Waals surface area contributed by atoms with Gasteiger partial charge in [0.05, 0.1) is 18.4 Å². The molecule has 0 saturated carbocycles. The molecule has 0 bridgehead atoms. The van der Waals surface area contributed by atoms with Crippen molar-refractivity contribution in [2.45, 2.75) is 59.0 Å². The largest absolute Gasteiger partial charge is 0.461 e. The molecule has 3 rings (SSSR count). The van der Waals surface area contributed by atoms with Gasteiger partial charge in [-0.1, -0.05) is 67.6 Å². The van der Waals surface area contributed by atoms with Gasteiger partial charge < -0.3 is 19.1 Å². The molecular formula is C27H33NO6. The van der Waals surface area contributed by atoms with E-state index in [9.17, 15) is 14.4 Å². The third-order valence-electron chi connectivity index (χ3n) is 5.64. The predicted octanol–water partition coefficient (Wildman–Crippen LogP) is 4.73. The highest BCUT2D eigenvalue weighted by Crippen LogP contribution is 2.34. The first-order valence-corrected chi connectivity index (χ1v) is 11.5. The van der Waals surface area contributed by atoms with E-state index in [0.717, 1.165) is 11.1 Å². The molecule has 34 heavy (non-hydrogen) atoms. The minimum absolute atomic E-state index is 0.104. The number of rotatable bonds is 7. The van der Waals surface area contributed by atoms with Gasteiger partial charge in [-0.15, -0.1) is 0 Å². The maximum atomic E-state index is 13.1. The standard InChI is InChI=1S/C27H33NO6/c1-19-16-28(26(31)33-18-21-13-9-6-10-14-21)22(15-23(29)34-27(2,3)4)24(19)25(30)32-17-20-11-7-5-8-12-20/h5-14,19,22,24H,15-18H2,1-4H3. The van der Waals surface area contributed by atoms with Crippen LogP contribution in [0.25, 0.3) is 0 Å². The van der Waals surface area contributed by atoms with Crippen molar-refractivity contribution in [3.8, 4) is 0 Å². The molecule has 0 radical (unpaired) electrons. The van der Waals surface area contributed by atoms with Gasteiger partial charge in [-0.05, 0) is 37.8 Å². The molecule has 3 unspecified atom stereocenters. The number of ether oxygens (including phenoxy) is 3. The molecule has 182 valence electrons. The Kier molecular flexibility index (Phi) is 8.31. The third-order valence-corrected chi connectivity index (χ3v) is 5.64. The number of carbonyl (C=O) groups excluding carboxylic acids is 3. The summed E-state index contributed by atoms with van der Waals surface area (Å²) in [7, 11) is 0. The lowest BCUT2D eigenvalue weighted by molar-refractivity contribution is -0.158. The minimum atomic E-state index is -0.712. The van der Waals surface area contributed by atoms with Crippen molar-refractivity contribution in [1.82, 2.24) is 4.90 Å². The maximum absolute atomic E-state index is 13.1. The summed E-state index contributed by atoms with van der Waals surface area (Å²) >= 11 is 0. The second kappa shape index (κ2) is 11.2. The molecule has 1 heterocycles. The van der Waals surface area contributed by atoms with Crippen molar-refractivity contribution in [2.75, 3.05) is 6.54 Å². The second-order valence-electron chi connectivity index (χ2n) is 9.65. The summed E-state index contributed by atoms with van der Waals surface area (Å²) in [6, 6.07) is 18.0. The molecule has 1 saturated heterocycles. The van der Waals surface area contributed by atoms with E-state index in [4.69, 9.17) is 14.2 Å². The summed E-state index contributed by atoms with van der Waals surface area (Å²) in [5, 5.41) is 0. The highest BCUT2D eigenvalue weighted by molar-refractivity contribution is 5.80. The Morgan fingerprint density at radius 3 is 1.94 bits per heavy atom. The van der Waals surface area contributed by atoms with Crippen LogP contribution in [0.2, 0.25) is 0 Å². The highest BCUT2D eigenvalue weighted by Gasteiger charge is 2.48. The molecule has 3 atom stereocenters. The van der Waals surface area contributed by atoms with Crippen LogP contribution in [-0.2, 0) is 37.0 Å². The molecule has 1 amide bonds. The Labute approximate surface area is 201 Å². The van der Waals surface area contributed by atoms with Crippen molar-refractivity contribution >= 4 is 18.0 Å². The van der Waals surface area contributed by atoms with Gasteiger partial charge in [0, 0.05) is 6.54 Å². The van der Waals surface area contributed by atoms with Gasteiger partial charge in [0.25, 0.3) is 0 Å². The summed E-state index contributed by atoms with van der Waals surface area (Å²) in [6.45, 7) is 7.72. The molecule has 7 nitrogen and oxygen atoms in total. The third kappa shape index (κ3) is 7.07. The van der Waals surface area contributed by atoms with Gasteiger partial charge in [-0.3, -0.25) is 9.59 Å². The molecule has 2 aromatic carbocycles. The van der Waals surface area contributed by atoms with Gasteiger partial charge in [0.1, 0.15) is 18.8 Å². The van der Waals surface area contributed by atoms with Crippen LogP contribution in [0.15, 0.2) is 60.7 Å². The van der Waals surface area contributed by atoms with Crippen LogP contribution in [-0.4, -0.2) is 41.1 Å². The van der Waals surface area contributed by atoms with Crippen molar-refractivity contribution in [3.05, 3.63) is 71.8 Å². The van der Waals surface area contributed by atoms with Gasteiger partial charge in [0.2, 0.25) is 0 Å². The number of amides is 1. The SMILES string of the molecule is CC1CN(C(=O)OCc2ccccc2)C(CC(=O)OC(C)(C)C)C1C(=O)OCc1ccccc1. The molecule has 2 aromatic rings. The fraction of sp³-hybridized carbons (Fsp3) is 0.444. The zero-order valence-electron chi connectivity index (χ0n) is 20.2. The first-order chi connectivity index (χ1) is 16.1. The zero-order valence-corrected chi connectivity index (χ0v) is 20.2. The van der Waals surface area contributed by atoms with Crippen molar-refractivity contribution in [2.24, 2.45) is 11.8 Å². The molecule has 0 aromatic heterocycles. The van der Waals surface area contributed by atoms with Gasteiger partial charge in [0.15, 0.2) is 0 Å². The maximum Gasteiger partial charge on any atom is 0.410 e. The summed E-state index contributed by atoms with van der Waals surface area (Å²) in [6.07, 6.45) is -0.685. The van der Waals surface area contributed by atoms with Crippen molar-refractivity contribution < 1.29 is 28.6 Å². The monoisotopic (exact) mass is 467 g/mol. The van der Waals surface area contributed by atoms with Crippen LogP contribution in [0.4, 0.5) is 4.79 Å². The van der Waals surface area contributed by atoms with E-state index in [1.54, 1.807) is 20.8 Å². The Morgan fingerprint density at radius 2 is 1.41 bits per heavy atom. The Bertz CT molecular complexity index is 970. The normalized spacial score (nSPS) is 20.0. The Hall–Kier alpha value is -3.35. The summed E-state index contributed by atoms with van der Waals surface area (Å²) in [5.74, 6) is -1.79. The van der Waals surface area contributed by atoms with E-state index in [2.05, 4.69) is 0 Å². The number of likely N-dealkylation sites (tertiary alicyclic amines) is 1. The predicted molar refractivity (Wildman–Crippen MR) is 126 cm³/mol. The van der Waals surface area contributed by atoms with Crippen LogP contribution < -0.4 is 0 Å². The minimum Gasteiger partial charge on any atom is -0.461 e. The summed E-state index contributed by atoms with van der Waals surface area (Å²) in [5.41, 5.74) is 1.04. The first-order valence-electron chi connectivity index (χ1n) is 11.5. The lowest BCUT2D eigenvalue weighted by Gasteiger charge is -2.28. The Morgan fingerprint density at radius 1 is 0.882 bits per heavy atom. The summed E-state index contributed by atoms with van der Waals surface area (Å²) in [4.78, 5) is 40.2. The first kappa shape index (κ1) is 25.3. The quantitative estimate of drug-likeness (QED) is 0.432. The molecule has 7 heteroatoms. The summed E-state index contributed by atoms with van der Waals surface area (Å²) < 4.78 is 16.6. The number of esters is 2. The lowest BCUT2D eigenvalue weighted by Crippen LogP contribution is -2.43. The van der Waals surface area contributed by atoms with E-state index >= 15 is 0 Å². The molecule has 1 fully saturated rings. The fourth-order valence-electron chi connectivity index (χ4n) is 4.15. The van der Waals surface area contributed by atoms with Crippen LogP contribution in [0, 0.1) is 11.8 Å². The number of carbonyl (C=O) groups is 3. The van der Waals surface area contributed by atoms with E-state index in [-0.39, 0.29) is 32.1 Å². The number of benzene rings is 2. The lowest BCUT2D eigenvalue weighted by atomic mass is 9.90. The molecule has 0 N–H and O–H groups in total. The van der Waals surface area contributed by atoms with E-state index < -0.39 is 35.6 Å². The topological polar surface area (TPSA) is 82.1 Å². The molecule has 0 spiro atoms. The molecule has 1 aliphatic rings. The molecule has 1 aliphatic heterocycles. The fourth-order valence-corrected chi connectivity index (χ4v) is 4.15. The van der Waals surface area contributed by atoms with E-state index in [1.807, 2.05) is 67.6 Å². The van der Waals surface area contributed by atoms with Crippen LogP contribution in [0.3, 0.4) is 0 Å². The number of hydrogen-bond acceptors (Lipinski definition) is 6. The Balaban J connectivity index is 1.73. The van der Waals surface area contributed by atoms with Crippen LogP contribution in [0.1, 0.15) is 45.2 Å². The zero-order chi connectivity index (χ0) is 24.7. The van der Waals surface area contributed by atoms with Gasteiger partial charge in [-0.25, -0.2) is 4.79 Å². The van der Waals surface area contributed by atoms with E-state index in [1.165, 1.54) is 4.90 Å². The number of hydrogen-bond donors (Lipinski definition) is 0. The van der Waals surface area contributed by atoms with Crippen LogP contribution >= 0.6 is 0 Å². The van der Waals surface area contributed by atoms with Gasteiger partial charge in [-0.2, -0.15) is 0 Å². The highest BCUT2D eigenvalue weighted by atomic mass is 16.6. The smallest absolute Gasteiger partial charge is 0.410 e. The molecule has 0 aliphatic carbocycles. The average Bonchev–Trinajstić information content (AvgIpc) is 3.11. The number of nitrogens with zero attached hydrogens (tertiary/aromatic N) is 1. The second-order valence-corrected chi connectivity index (χ2v) is 9.65. The van der Waals surface area contributed by atoms with Crippen LogP contribution in [0.5, 0.6) is 0 Å². The van der Waals surface area contributed by atoms with Crippen molar-refractivity contribution in [3.63, 3.8) is 0 Å². The van der Waals surface area contributed by atoms with E-state index in [0.29, 0.717) is 0 Å². The van der Waals surface area contributed by atoms with Gasteiger partial charge >= 0.3 is 18.0 Å².